The molecule has 1 aromatic rings. The number of Topliss-reactive ketones (excluding diaryl/α,β-unsaturated/α-hetero) is 2. The summed E-state index contributed by atoms with van der Waals surface area (Å²) in [7, 11) is 0. The number of hydrogen-bond donors (Lipinski definition) is 1. The van der Waals surface area contributed by atoms with Crippen LogP contribution in [0.4, 0.5) is 5.69 Å². The number of anilines is 1. The van der Waals surface area contributed by atoms with Crippen LogP contribution in [-0.2, 0) is 4.79 Å². The second-order valence-corrected chi connectivity index (χ2v) is 3.41. The Kier molecular flexibility index (Phi) is 3.25. The number of halogens is 1. The summed E-state index contributed by atoms with van der Waals surface area (Å²) in [6.45, 7) is 1.36. The van der Waals surface area contributed by atoms with Gasteiger partial charge in [0.25, 0.3) is 0 Å². The molecule has 74 valence electrons. The number of hydrogen-bond acceptors (Lipinski definition) is 3. The number of ketones is 2. The Labute approximate surface area is 86.9 Å². The highest BCUT2D eigenvalue weighted by atomic mass is 35.5. The molecular weight excluding hydrogens is 202 g/mol. The summed E-state index contributed by atoms with van der Waals surface area (Å²) in [6.07, 6.45) is -0.134. The Hall–Kier alpha value is -1.35. The molecule has 1 rings (SSSR count). The number of para-hydroxylation sites is 1. The van der Waals surface area contributed by atoms with Crippen molar-refractivity contribution < 1.29 is 9.59 Å². The molecule has 3 nitrogen and oxygen atoms in total. The molecule has 14 heavy (non-hydrogen) atoms. The lowest BCUT2D eigenvalue weighted by Crippen LogP contribution is -2.07. The summed E-state index contributed by atoms with van der Waals surface area (Å²) >= 11 is 5.73. The average Bonchev–Trinajstić information content (AvgIpc) is 2.08. The summed E-state index contributed by atoms with van der Waals surface area (Å²) < 4.78 is 0. The van der Waals surface area contributed by atoms with Crippen molar-refractivity contribution in [1.82, 2.24) is 0 Å². The van der Waals surface area contributed by atoms with Crippen molar-refractivity contribution in [3.8, 4) is 0 Å². The molecule has 0 fully saturated rings. The van der Waals surface area contributed by atoms with Crippen molar-refractivity contribution in [3.63, 3.8) is 0 Å². The Morgan fingerprint density at radius 3 is 2.64 bits per heavy atom. The van der Waals surface area contributed by atoms with Crippen LogP contribution in [0, 0.1) is 0 Å². The zero-order valence-electron chi connectivity index (χ0n) is 7.71. The first-order valence-electron chi connectivity index (χ1n) is 4.09. The SMILES string of the molecule is CC(=O)CC(=O)c1cccc(Cl)c1N. The average molecular weight is 212 g/mol. The smallest absolute Gasteiger partial charge is 0.172 e. The van der Waals surface area contributed by atoms with Crippen LogP contribution in [0.5, 0.6) is 0 Å². The van der Waals surface area contributed by atoms with E-state index in [1.807, 2.05) is 0 Å². The molecule has 0 aliphatic carbocycles. The third-order valence-electron chi connectivity index (χ3n) is 1.76. The van der Waals surface area contributed by atoms with Gasteiger partial charge in [0.15, 0.2) is 5.78 Å². The van der Waals surface area contributed by atoms with Crippen molar-refractivity contribution in [2.75, 3.05) is 5.73 Å². The van der Waals surface area contributed by atoms with Gasteiger partial charge in [0, 0.05) is 5.56 Å². The van der Waals surface area contributed by atoms with Gasteiger partial charge in [-0.05, 0) is 19.1 Å². The van der Waals surface area contributed by atoms with Crippen molar-refractivity contribution >= 4 is 28.9 Å². The Bertz CT molecular complexity index is 388. The van der Waals surface area contributed by atoms with Gasteiger partial charge < -0.3 is 5.73 Å². The summed E-state index contributed by atoms with van der Waals surface area (Å²) in [5, 5.41) is 0.333. The van der Waals surface area contributed by atoms with Gasteiger partial charge in [-0.25, -0.2) is 0 Å². The van der Waals surface area contributed by atoms with Gasteiger partial charge in [0.2, 0.25) is 0 Å². The molecule has 0 amide bonds. The second-order valence-electron chi connectivity index (χ2n) is 3.00. The van der Waals surface area contributed by atoms with Gasteiger partial charge in [0.1, 0.15) is 5.78 Å². The highest BCUT2D eigenvalue weighted by Crippen LogP contribution is 2.23. The third kappa shape index (κ3) is 2.33. The van der Waals surface area contributed by atoms with Crippen LogP contribution in [0.15, 0.2) is 18.2 Å². The van der Waals surface area contributed by atoms with Gasteiger partial charge in [-0.1, -0.05) is 17.7 Å². The first kappa shape index (κ1) is 10.7. The molecule has 2 N–H and O–H groups in total. The molecule has 0 atom stereocenters. The topological polar surface area (TPSA) is 60.2 Å². The maximum absolute atomic E-state index is 11.5. The molecule has 1 aromatic carbocycles. The van der Waals surface area contributed by atoms with E-state index >= 15 is 0 Å². The molecule has 4 heteroatoms. The van der Waals surface area contributed by atoms with E-state index in [4.69, 9.17) is 17.3 Å². The van der Waals surface area contributed by atoms with Crippen LogP contribution in [-0.4, -0.2) is 11.6 Å². The zero-order chi connectivity index (χ0) is 10.7. The minimum absolute atomic E-state index is 0.134. The summed E-state index contributed by atoms with van der Waals surface area (Å²) in [5.41, 5.74) is 6.14. The highest BCUT2D eigenvalue weighted by Gasteiger charge is 2.12. The molecule has 0 aromatic heterocycles. The lowest BCUT2D eigenvalue weighted by molar-refractivity contribution is -0.116. The molecule has 0 heterocycles. The fraction of sp³-hybridized carbons (Fsp3) is 0.200. The molecule has 0 saturated heterocycles. The maximum atomic E-state index is 11.5. The van der Waals surface area contributed by atoms with Gasteiger partial charge in [-0.3, -0.25) is 9.59 Å². The van der Waals surface area contributed by atoms with Crippen LogP contribution in [0.2, 0.25) is 5.02 Å². The number of nitrogens with two attached hydrogens (primary N) is 1. The van der Waals surface area contributed by atoms with E-state index in [0.29, 0.717) is 10.6 Å². The molecule has 0 radical (unpaired) electrons. The van der Waals surface area contributed by atoms with E-state index < -0.39 is 0 Å². The van der Waals surface area contributed by atoms with Crippen LogP contribution in [0.1, 0.15) is 23.7 Å². The quantitative estimate of drug-likeness (QED) is 0.473. The zero-order valence-corrected chi connectivity index (χ0v) is 8.47. The first-order valence-corrected chi connectivity index (χ1v) is 4.46. The van der Waals surface area contributed by atoms with E-state index in [2.05, 4.69) is 0 Å². The molecule has 0 unspecified atom stereocenters. The van der Waals surface area contributed by atoms with E-state index in [-0.39, 0.29) is 23.7 Å². The third-order valence-corrected chi connectivity index (χ3v) is 2.09. The minimum atomic E-state index is -0.294. The standard InChI is InChI=1S/C10H10ClNO2/c1-6(13)5-9(14)7-3-2-4-8(11)10(7)12/h2-4H,5,12H2,1H3. The van der Waals surface area contributed by atoms with Crippen LogP contribution >= 0.6 is 11.6 Å². The van der Waals surface area contributed by atoms with Crippen molar-refractivity contribution in [2.24, 2.45) is 0 Å². The predicted molar refractivity (Wildman–Crippen MR) is 55.5 cm³/mol. The molecule has 0 saturated carbocycles. The summed E-state index contributed by atoms with van der Waals surface area (Å²) in [4.78, 5) is 22.2. The molecule has 0 aliphatic heterocycles. The van der Waals surface area contributed by atoms with Gasteiger partial charge in [-0.15, -0.1) is 0 Å². The fourth-order valence-corrected chi connectivity index (χ4v) is 1.28. The van der Waals surface area contributed by atoms with Gasteiger partial charge in [-0.2, -0.15) is 0 Å². The first-order chi connectivity index (χ1) is 6.52. The molecular formula is C10H10ClNO2. The Morgan fingerprint density at radius 1 is 1.43 bits per heavy atom. The van der Waals surface area contributed by atoms with E-state index in [0.717, 1.165) is 0 Å². The number of carbonyl (C=O) groups excluding carboxylic acids is 2. The fourth-order valence-electron chi connectivity index (χ4n) is 1.10. The number of benzene rings is 1. The lowest BCUT2D eigenvalue weighted by Gasteiger charge is -2.04. The number of carbonyl (C=O) groups is 2. The number of nitrogen functional groups attached to an aromatic ring is 1. The van der Waals surface area contributed by atoms with Gasteiger partial charge in [0.05, 0.1) is 17.1 Å². The monoisotopic (exact) mass is 211 g/mol. The number of rotatable bonds is 3. The Balaban J connectivity index is 3.01. The Morgan fingerprint density at radius 2 is 2.07 bits per heavy atom. The van der Waals surface area contributed by atoms with Crippen LogP contribution < -0.4 is 5.73 Å². The van der Waals surface area contributed by atoms with Gasteiger partial charge >= 0.3 is 0 Å². The maximum Gasteiger partial charge on any atom is 0.172 e. The molecule has 0 bridgehead atoms. The van der Waals surface area contributed by atoms with E-state index in [9.17, 15) is 9.59 Å². The molecule has 0 spiro atoms. The van der Waals surface area contributed by atoms with E-state index in [1.54, 1.807) is 18.2 Å². The normalized spacial score (nSPS) is 9.86. The minimum Gasteiger partial charge on any atom is -0.397 e. The predicted octanol–water partition coefficient (Wildman–Crippen LogP) is 2.08. The van der Waals surface area contributed by atoms with Crippen molar-refractivity contribution in [1.29, 1.82) is 0 Å². The van der Waals surface area contributed by atoms with Crippen LogP contribution in [0.25, 0.3) is 0 Å². The highest BCUT2D eigenvalue weighted by molar-refractivity contribution is 6.34. The van der Waals surface area contributed by atoms with E-state index in [1.165, 1.54) is 6.92 Å². The largest absolute Gasteiger partial charge is 0.397 e. The van der Waals surface area contributed by atoms with Crippen molar-refractivity contribution in [2.45, 2.75) is 13.3 Å². The van der Waals surface area contributed by atoms with Crippen LogP contribution in [0.3, 0.4) is 0 Å². The summed E-state index contributed by atoms with van der Waals surface area (Å²) in [6, 6.07) is 4.79. The lowest BCUT2D eigenvalue weighted by atomic mass is 10.0. The second kappa shape index (κ2) is 4.24. The van der Waals surface area contributed by atoms with Crippen molar-refractivity contribution in [3.05, 3.63) is 28.8 Å². The summed E-state index contributed by atoms with van der Waals surface area (Å²) in [5.74, 6) is -0.480. The molecule has 0 aliphatic rings.